The lowest BCUT2D eigenvalue weighted by Crippen LogP contribution is -2.10. The Morgan fingerprint density at radius 2 is 1.64 bits per heavy atom. The summed E-state index contributed by atoms with van der Waals surface area (Å²) >= 11 is 0. The molecule has 1 aromatic heterocycles. The van der Waals surface area contributed by atoms with E-state index >= 15 is 0 Å². The zero-order chi connectivity index (χ0) is 15.4. The second kappa shape index (κ2) is 6.22. The van der Waals surface area contributed by atoms with Gasteiger partial charge in [-0.2, -0.15) is 0 Å². The summed E-state index contributed by atoms with van der Waals surface area (Å²) in [5, 5.41) is 0. The molecule has 108 valence electrons. The Labute approximate surface area is 129 Å². The normalized spacial score (nSPS) is 10.4. The highest BCUT2D eigenvalue weighted by molar-refractivity contribution is 5.93. The molecule has 0 atom stereocenters. The molecular weight excluding hydrogens is 272 g/mol. The van der Waals surface area contributed by atoms with Crippen molar-refractivity contribution in [3.63, 3.8) is 0 Å². The van der Waals surface area contributed by atoms with Crippen LogP contribution in [-0.4, -0.2) is 10.9 Å². The van der Waals surface area contributed by atoms with E-state index in [-0.39, 0.29) is 0 Å². The Balaban J connectivity index is 1.95. The average Bonchev–Trinajstić information content (AvgIpc) is 2.56. The van der Waals surface area contributed by atoms with Crippen LogP contribution >= 0.6 is 0 Å². The summed E-state index contributed by atoms with van der Waals surface area (Å²) in [6.07, 6.45) is 2.58. The van der Waals surface area contributed by atoms with Crippen molar-refractivity contribution in [3.8, 4) is 11.1 Å². The number of amides is 1. The van der Waals surface area contributed by atoms with Gasteiger partial charge in [0.1, 0.15) is 0 Å². The molecule has 0 spiro atoms. The van der Waals surface area contributed by atoms with Crippen molar-refractivity contribution >= 4 is 5.91 Å². The molecule has 22 heavy (non-hydrogen) atoms. The van der Waals surface area contributed by atoms with E-state index in [0.29, 0.717) is 5.56 Å². The number of carbonyl (C=O) groups is 1. The first-order valence-electron chi connectivity index (χ1n) is 7.12. The van der Waals surface area contributed by atoms with Gasteiger partial charge in [0.2, 0.25) is 5.91 Å². The fourth-order valence-corrected chi connectivity index (χ4v) is 2.47. The first-order chi connectivity index (χ1) is 10.7. The molecule has 0 unspecified atom stereocenters. The molecule has 2 aromatic carbocycles. The average molecular weight is 288 g/mol. The SMILES string of the molecule is NC(=O)c1ccc(-c2ccccc2Cc2ccccn2)cc1. The number of nitrogens with zero attached hydrogens (tertiary/aromatic N) is 1. The molecule has 1 heterocycles. The molecule has 3 nitrogen and oxygen atoms in total. The number of benzene rings is 2. The molecule has 0 radical (unpaired) electrons. The Kier molecular flexibility index (Phi) is 3.97. The van der Waals surface area contributed by atoms with Crippen LogP contribution in [0, 0.1) is 0 Å². The predicted molar refractivity (Wildman–Crippen MR) is 87.4 cm³/mol. The number of hydrogen-bond donors (Lipinski definition) is 1. The van der Waals surface area contributed by atoms with E-state index in [1.807, 2.05) is 42.5 Å². The van der Waals surface area contributed by atoms with Gasteiger partial charge >= 0.3 is 0 Å². The number of aromatic nitrogens is 1. The van der Waals surface area contributed by atoms with Crippen molar-refractivity contribution in [1.82, 2.24) is 4.98 Å². The number of carbonyl (C=O) groups excluding carboxylic acids is 1. The third kappa shape index (κ3) is 3.04. The summed E-state index contributed by atoms with van der Waals surface area (Å²) in [5.74, 6) is -0.409. The molecule has 3 rings (SSSR count). The van der Waals surface area contributed by atoms with E-state index in [2.05, 4.69) is 17.1 Å². The van der Waals surface area contributed by atoms with Crippen LogP contribution in [0.5, 0.6) is 0 Å². The lowest BCUT2D eigenvalue weighted by atomic mass is 9.96. The van der Waals surface area contributed by atoms with E-state index in [1.54, 1.807) is 18.3 Å². The summed E-state index contributed by atoms with van der Waals surface area (Å²) in [6.45, 7) is 0. The van der Waals surface area contributed by atoms with Crippen LogP contribution < -0.4 is 5.73 Å². The molecule has 3 aromatic rings. The van der Waals surface area contributed by atoms with Crippen molar-refractivity contribution in [2.24, 2.45) is 5.73 Å². The zero-order valence-corrected chi connectivity index (χ0v) is 12.1. The molecule has 0 aliphatic rings. The van der Waals surface area contributed by atoms with Gasteiger partial charge < -0.3 is 5.73 Å². The lowest BCUT2D eigenvalue weighted by molar-refractivity contribution is 0.100. The smallest absolute Gasteiger partial charge is 0.248 e. The van der Waals surface area contributed by atoms with Gasteiger partial charge in [0.15, 0.2) is 0 Å². The largest absolute Gasteiger partial charge is 0.366 e. The molecule has 0 saturated carbocycles. The van der Waals surface area contributed by atoms with Crippen molar-refractivity contribution < 1.29 is 4.79 Å². The molecule has 0 bridgehead atoms. The van der Waals surface area contributed by atoms with E-state index in [4.69, 9.17) is 5.73 Å². The van der Waals surface area contributed by atoms with Crippen LogP contribution in [0.1, 0.15) is 21.6 Å². The molecule has 0 aliphatic carbocycles. The summed E-state index contributed by atoms with van der Waals surface area (Å²) in [5.41, 5.74) is 10.2. The Morgan fingerprint density at radius 1 is 0.909 bits per heavy atom. The van der Waals surface area contributed by atoms with Crippen molar-refractivity contribution in [2.45, 2.75) is 6.42 Å². The van der Waals surface area contributed by atoms with Crippen LogP contribution in [0.3, 0.4) is 0 Å². The molecule has 0 saturated heterocycles. The molecule has 0 aliphatic heterocycles. The maximum absolute atomic E-state index is 11.2. The van der Waals surface area contributed by atoms with Crippen LogP contribution in [0.4, 0.5) is 0 Å². The fraction of sp³-hybridized carbons (Fsp3) is 0.0526. The highest BCUT2D eigenvalue weighted by atomic mass is 16.1. The van der Waals surface area contributed by atoms with E-state index in [1.165, 1.54) is 5.56 Å². The van der Waals surface area contributed by atoms with E-state index < -0.39 is 5.91 Å². The number of primary amides is 1. The Hall–Kier alpha value is -2.94. The standard InChI is InChI=1S/C19H16N2O/c20-19(22)15-10-8-14(9-11-15)18-7-2-1-5-16(18)13-17-6-3-4-12-21-17/h1-12H,13H2,(H2,20,22). The third-order valence-electron chi connectivity index (χ3n) is 3.60. The van der Waals surface area contributed by atoms with E-state index in [0.717, 1.165) is 23.2 Å². The number of nitrogens with two attached hydrogens (primary N) is 1. The van der Waals surface area contributed by atoms with Gasteiger partial charge in [-0.05, 0) is 41.0 Å². The highest BCUT2D eigenvalue weighted by Crippen LogP contribution is 2.25. The van der Waals surface area contributed by atoms with Gasteiger partial charge in [-0.15, -0.1) is 0 Å². The predicted octanol–water partition coefficient (Wildman–Crippen LogP) is 3.44. The maximum Gasteiger partial charge on any atom is 0.248 e. The van der Waals surface area contributed by atoms with Gasteiger partial charge in [-0.25, -0.2) is 0 Å². The topological polar surface area (TPSA) is 56.0 Å². The Bertz CT molecular complexity index is 780. The van der Waals surface area contributed by atoms with Gasteiger partial charge in [-0.3, -0.25) is 9.78 Å². The van der Waals surface area contributed by atoms with Crippen LogP contribution in [-0.2, 0) is 6.42 Å². The monoisotopic (exact) mass is 288 g/mol. The maximum atomic E-state index is 11.2. The first kappa shape index (κ1) is 14.0. The van der Waals surface area contributed by atoms with Gasteiger partial charge in [0, 0.05) is 23.9 Å². The number of hydrogen-bond acceptors (Lipinski definition) is 2. The van der Waals surface area contributed by atoms with Crippen LogP contribution in [0.25, 0.3) is 11.1 Å². The van der Waals surface area contributed by atoms with Crippen molar-refractivity contribution in [1.29, 1.82) is 0 Å². The second-order valence-corrected chi connectivity index (χ2v) is 5.10. The molecule has 2 N–H and O–H groups in total. The van der Waals surface area contributed by atoms with Gasteiger partial charge in [0.25, 0.3) is 0 Å². The van der Waals surface area contributed by atoms with Crippen LogP contribution in [0.15, 0.2) is 72.9 Å². The summed E-state index contributed by atoms with van der Waals surface area (Å²) in [7, 11) is 0. The lowest BCUT2D eigenvalue weighted by Gasteiger charge is -2.10. The van der Waals surface area contributed by atoms with E-state index in [9.17, 15) is 4.79 Å². The minimum Gasteiger partial charge on any atom is -0.366 e. The minimum absolute atomic E-state index is 0.409. The molecule has 0 fully saturated rings. The van der Waals surface area contributed by atoms with Gasteiger partial charge in [-0.1, -0.05) is 42.5 Å². The summed E-state index contributed by atoms with van der Waals surface area (Å²) in [4.78, 5) is 15.6. The molecular formula is C19H16N2O. The fourth-order valence-electron chi connectivity index (χ4n) is 2.47. The summed E-state index contributed by atoms with van der Waals surface area (Å²) in [6, 6.07) is 21.5. The quantitative estimate of drug-likeness (QED) is 0.799. The summed E-state index contributed by atoms with van der Waals surface area (Å²) < 4.78 is 0. The zero-order valence-electron chi connectivity index (χ0n) is 12.1. The van der Waals surface area contributed by atoms with Crippen LogP contribution in [0.2, 0.25) is 0 Å². The van der Waals surface area contributed by atoms with Gasteiger partial charge in [0.05, 0.1) is 0 Å². The second-order valence-electron chi connectivity index (χ2n) is 5.10. The van der Waals surface area contributed by atoms with Crippen molar-refractivity contribution in [2.75, 3.05) is 0 Å². The Morgan fingerprint density at radius 3 is 2.32 bits per heavy atom. The minimum atomic E-state index is -0.409. The highest BCUT2D eigenvalue weighted by Gasteiger charge is 2.07. The third-order valence-corrected chi connectivity index (χ3v) is 3.60. The number of pyridine rings is 1. The number of rotatable bonds is 4. The van der Waals surface area contributed by atoms with Crippen molar-refractivity contribution in [3.05, 3.63) is 89.7 Å². The molecule has 3 heteroatoms. The first-order valence-corrected chi connectivity index (χ1v) is 7.12. The molecule has 1 amide bonds.